The molecular weight excluding hydrogens is 262 g/mol. The Bertz CT molecular complexity index is 597. The van der Waals surface area contributed by atoms with Crippen molar-refractivity contribution in [2.24, 2.45) is 0 Å². The van der Waals surface area contributed by atoms with Crippen LogP contribution in [0.25, 0.3) is 0 Å². The van der Waals surface area contributed by atoms with Crippen molar-refractivity contribution >= 4 is 5.97 Å². The zero-order valence-corrected chi connectivity index (χ0v) is 10.7. The molecule has 2 nitrogen and oxygen atoms in total. The maximum Gasteiger partial charge on any atom is 0.310 e. The van der Waals surface area contributed by atoms with Gasteiger partial charge in [-0.2, -0.15) is 0 Å². The van der Waals surface area contributed by atoms with Crippen LogP contribution in [0.4, 0.5) is 8.78 Å². The number of aryl methyl sites for hydroxylation is 1. The normalized spacial score (nSPS) is 12.1. The van der Waals surface area contributed by atoms with E-state index in [4.69, 9.17) is 0 Å². The van der Waals surface area contributed by atoms with E-state index in [0.29, 0.717) is 24.0 Å². The quantitative estimate of drug-likeness (QED) is 0.902. The van der Waals surface area contributed by atoms with E-state index in [1.165, 1.54) is 6.07 Å². The molecule has 2 rings (SSSR count). The summed E-state index contributed by atoms with van der Waals surface area (Å²) < 4.78 is 25.9. The number of carboxylic acids is 1. The van der Waals surface area contributed by atoms with Gasteiger partial charge in [0.05, 0.1) is 5.92 Å². The van der Waals surface area contributed by atoms with Crippen molar-refractivity contribution in [1.82, 2.24) is 0 Å². The topological polar surface area (TPSA) is 37.3 Å². The SMILES string of the molecule is O=C(O)C(CCc1ccc(F)c(F)c1)c1ccccc1. The smallest absolute Gasteiger partial charge is 0.310 e. The largest absolute Gasteiger partial charge is 0.481 e. The molecule has 2 aromatic rings. The highest BCUT2D eigenvalue weighted by molar-refractivity contribution is 5.76. The van der Waals surface area contributed by atoms with Crippen LogP contribution in [0.2, 0.25) is 0 Å². The Hall–Kier alpha value is -2.23. The van der Waals surface area contributed by atoms with Crippen LogP contribution < -0.4 is 0 Å². The van der Waals surface area contributed by atoms with E-state index in [0.717, 1.165) is 12.1 Å². The van der Waals surface area contributed by atoms with Crippen LogP contribution >= 0.6 is 0 Å². The summed E-state index contributed by atoms with van der Waals surface area (Å²) in [5.41, 5.74) is 1.30. The molecule has 0 radical (unpaired) electrons. The van der Waals surface area contributed by atoms with Gasteiger partial charge in [-0.05, 0) is 36.1 Å². The molecule has 0 aliphatic rings. The predicted octanol–water partition coefficient (Wildman–Crippen LogP) is 3.77. The number of halogens is 2. The number of rotatable bonds is 5. The molecule has 1 N–H and O–H groups in total. The van der Waals surface area contributed by atoms with E-state index in [1.54, 1.807) is 24.3 Å². The fourth-order valence-corrected chi connectivity index (χ4v) is 2.12. The van der Waals surface area contributed by atoms with Gasteiger partial charge in [0.2, 0.25) is 0 Å². The molecule has 104 valence electrons. The van der Waals surface area contributed by atoms with Crippen LogP contribution in [0.1, 0.15) is 23.5 Å². The first kappa shape index (κ1) is 14.2. The van der Waals surface area contributed by atoms with Gasteiger partial charge in [-0.15, -0.1) is 0 Å². The van der Waals surface area contributed by atoms with E-state index in [9.17, 15) is 18.7 Å². The number of aliphatic carboxylic acids is 1. The predicted molar refractivity (Wildman–Crippen MR) is 71.5 cm³/mol. The lowest BCUT2D eigenvalue weighted by Crippen LogP contribution is -2.12. The average molecular weight is 276 g/mol. The molecular formula is C16H14F2O2. The minimum Gasteiger partial charge on any atom is -0.481 e. The second kappa shape index (κ2) is 6.28. The number of hydrogen-bond acceptors (Lipinski definition) is 1. The van der Waals surface area contributed by atoms with Crippen molar-refractivity contribution in [2.75, 3.05) is 0 Å². The van der Waals surface area contributed by atoms with Crippen LogP contribution in [-0.4, -0.2) is 11.1 Å². The van der Waals surface area contributed by atoms with Crippen molar-refractivity contribution in [3.63, 3.8) is 0 Å². The van der Waals surface area contributed by atoms with Gasteiger partial charge in [0.25, 0.3) is 0 Å². The molecule has 0 aliphatic carbocycles. The van der Waals surface area contributed by atoms with Gasteiger partial charge >= 0.3 is 5.97 Å². The summed E-state index contributed by atoms with van der Waals surface area (Å²) in [4.78, 5) is 11.3. The molecule has 1 atom stereocenters. The van der Waals surface area contributed by atoms with E-state index in [1.807, 2.05) is 6.07 Å². The van der Waals surface area contributed by atoms with E-state index >= 15 is 0 Å². The first-order valence-corrected chi connectivity index (χ1v) is 6.29. The highest BCUT2D eigenvalue weighted by Gasteiger charge is 2.19. The fraction of sp³-hybridized carbons (Fsp3) is 0.188. The van der Waals surface area contributed by atoms with Crippen molar-refractivity contribution in [2.45, 2.75) is 18.8 Å². The van der Waals surface area contributed by atoms with Gasteiger partial charge in [-0.3, -0.25) is 4.79 Å². The molecule has 0 bridgehead atoms. The highest BCUT2D eigenvalue weighted by Crippen LogP contribution is 2.22. The second-order valence-corrected chi connectivity index (χ2v) is 4.59. The summed E-state index contributed by atoms with van der Waals surface area (Å²) in [5.74, 6) is -3.37. The Morgan fingerprint density at radius 2 is 1.75 bits per heavy atom. The third kappa shape index (κ3) is 3.41. The third-order valence-electron chi connectivity index (χ3n) is 3.21. The molecule has 20 heavy (non-hydrogen) atoms. The molecule has 4 heteroatoms. The van der Waals surface area contributed by atoms with Gasteiger partial charge < -0.3 is 5.11 Å². The van der Waals surface area contributed by atoms with Gasteiger partial charge in [-0.25, -0.2) is 8.78 Å². The van der Waals surface area contributed by atoms with E-state index in [2.05, 4.69) is 0 Å². The lowest BCUT2D eigenvalue weighted by Gasteiger charge is -2.12. The van der Waals surface area contributed by atoms with Crippen LogP contribution in [0, 0.1) is 11.6 Å². The Morgan fingerprint density at radius 3 is 2.35 bits per heavy atom. The van der Waals surface area contributed by atoms with E-state index < -0.39 is 23.5 Å². The maximum absolute atomic E-state index is 13.1. The van der Waals surface area contributed by atoms with Crippen molar-refractivity contribution in [3.8, 4) is 0 Å². The van der Waals surface area contributed by atoms with Gasteiger partial charge in [0.1, 0.15) is 0 Å². The van der Waals surface area contributed by atoms with Gasteiger partial charge in [0.15, 0.2) is 11.6 Å². The van der Waals surface area contributed by atoms with Gasteiger partial charge in [-0.1, -0.05) is 36.4 Å². The molecule has 0 amide bonds. The standard InChI is InChI=1S/C16H14F2O2/c17-14-9-7-11(10-15(14)18)6-8-13(16(19)20)12-4-2-1-3-5-12/h1-5,7,9-10,13H,6,8H2,(H,19,20). The molecule has 0 aromatic heterocycles. The zero-order chi connectivity index (χ0) is 14.5. The second-order valence-electron chi connectivity index (χ2n) is 4.59. The molecule has 0 heterocycles. The zero-order valence-electron chi connectivity index (χ0n) is 10.7. The molecule has 0 fully saturated rings. The van der Waals surface area contributed by atoms with E-state index in [-0.39, 0.29) is 0 Å². The van der Waals surface area contributed by atoms with Crippen molar-refractivity contribution < 1.29 is 18.7 Å². The van der Waals surface area contributed by atoms with Crippen LogP contribution in [0.15, 0.2) is 48.5 Å². The molecule has 0 spiro atoms. The first-order valence-electron chi connectivity index (χ1n) is 6.29. The Morgan fingerprint density at radius 1 is 1.05 bits per heavy atom. The fourth-order valence-electron chi connectivity index (χ4n) is 2.12. The summed E-state index contributed by atoms with van der Waals surface area (Å²) in [5, 5.41) is 9.27. The lowest BCUT2D eigenvalue weighted by atomic mass is 9.92. The van der Waals surface area contributed by atoms with Crippen molar-refractivity contribution in [3.05, 3.63) is 71.3 Å². The summed E-state index contributed by atoms with van der Waals surface area (Å²) in [7, 11) is 0. The van der Waals surface area contributed by atoms with Crippen LogP contribution in [0.3, 0.4) is 0 Å². The number of hydrogen-bond donors (Lipinski definition) is 1. The number of carboxylic acid groups (broad SMARTS) is 1. The summed E-state index contributed by atoms with van der Waals surface area (Å²) in [6.07, 6.45) is 0.716. The Labute approximate surface area is 115 Å². The molecule has 1 unspecified atom stereocenters. The number of carbonyl (C=O) groups is 1. The molecule has 0 saturated heterocycles. The average Bonchev–Trinajstić information content (AvgIpc) is 2.44. The van der Waals surface area contributed by atoms with Crippen LogP contribution in [-0.2, 0) is 11.2 Å². The summed E-state index contributed by atoms with van der Waals surface area (Å²) in [6.45, 7) is 0. The van der Waals surface area contributed by atoms with Crippen molar-refractivity contribution in [1.29, 1.82) is 0 Å². The van der Waals surface area contributed by atoms with Gasteiger partial charge in [0, 0.05) is 0 Å². The molecule has 0 saturated carbocycles. The first-order chi connectivity index (χ1) is 9.58. The molecule has 2 aromatic carbocycles. The molecule has 0 aliphatic heterocycles. The number of benzene rings is 2. The summed E-state index contributed by atoms with van der Waals surface area (Å²) in [6, 6.07) is 12.5. The minimum atomic E-state index is -0.918. The lowest BCUT2D eigenvalue weighted by molar-refractivity contribution is -0.138. The van der Waals surface area contributed by atoms with Crippen LogP contribution in [0.5, 0.6) is 0 Å². The third-order valence-corrected chi connectivity index (χ3v) is 3.21. The highest BCUT2D eigenvalue weighted by atomic mass is 19.2. The summed E-state index contributed by atoms with van der Waals surface area (Å²) >= 11 is 0. The minimum absolute atomic E-state index is 0.338. The Kier molecular flexibility index (Phi) is 4.45. The monoisotopic (exact) mass is 276 g/mol. The maximum atomic E-state index is 13.1. The Balaban J connectivity index is 2.10.